The average Bonchev–Trinajstić information content (AvgIpc) is 2.56. The SMILES string of the molecule is CC1CC1C(O)c1ccoc1. The van der Waals surface area contributed by atoms with Crippen LogP contribution >= 0.6 is 0 Å². The lowest BCUT2D eigenvalue weighted by Crippen LogP contribution is -1.98. The Hall–Kier alpha value is -0.760. The maximum Gasteiger partial charge on any atom is 0.0960 e. The van der Waals surface area contributed by atoms with Crippen LogP contribution in [0, 0.1) is 11.8 Å². The molecule has 3 atom stereocenters. The van der Waals surface area contributed by atoms with Crippen molar-refractivity contribution in [2.75, 3.05) is 0 Å². The molecule has 60 valence electrons. The van der Waals surface area contributed by atoms with Crippen molar-refractivity contribution in [2.24, 2.45) is 11.8 Å². The van der Waals surface area contributed by atoms with E-state index in [2.05, 4.69) is 6.92 Å². The molecule has 0 aromatic carbocycles. The number of hydrogen-bond acceptors (Lipinski definition) is 2. The molecular weight excluding hydrogens is 140 g/mol. The summed E-state index contributed by atoms with van der Waals surface area (Å²) in [4.78, 5) is 0. The Morgan fingerprint density at radius 2 is 2.45 bits per heavy atom. The second-order valence-corrected chi connectivity index (χ2v) is 3.38. The second-order valence-electron chi connectivity index (χ2n) is 3.38. The molecule has 0 bridgehead atoms. The Kier molecular flexibility index (Phi) is 1.50. The Balaban J connectivity index is 2.06. The van der Waals surface area contributed by atoms with Gasteiger partial charge in [0.1, 0.15) is 0 Å². The second kappa shape index (κ2) is 2.38. The molecule has 0 aliphatic heterocycles. The van der Waals surface area contributed by atoms with Crippen LogP contribution in [-0.2, 0) is 0 Å². The third-order valence-corrected chi connectivity index (χ3v) is 2.46. The van der Waals surface area contributed by atoms with Gasteiger partial charge in [-0.2, -0.15) is 0 Å². The third kappa shape index (κ3) is 1.18. The average molecular weight is 152 g/mol. The minimum Gasteiger partial charge on any atom is -0.472 e. The predicted molar refractivity (Wildman–Crippen MR) is 40.9 cm³/mol. The fraction of sp³-hybridized carbons (Fsp3) is 0.556. The van der Waals surface area contributed by atoms with Crippen LogP contribution in [0.1, 0.15) is 25.0 Å². The first kappa shape index (κ1) is 6.92. The maximum atomic E-state index is 9.66. The Labute approximate surface area is 65.8 Å². The normalized spacial score (nSPS) is 31.8. The number of aliphatic hydroxyl groups excluding tert-OH is 1. The minimum absolute atomic E-state index is 0.302. The van der Waals surface area contributed by atoms with Gasteiger partial charge in [0.15, 0.2) is 0 Å². The molecule has 1 saturated carbocycles. The number of hydrogen-bond donors (Lipinski definition) is 1. The summed E-state index contributed by atoms with van der Waals surface area (Å²) in [7, 11) is 0. The van der Waals surface area contributed by atoms with E-state index in [0.717, 1.165) is 12.0 Å². The van der Waals surface area contributed by atoms with Crippen molar-refractivity contribution in [3.05, 3.63) is 24.2 Å². The summed E-state index contributed by atoms with van der Waals surface area (Å²) in [5.41, 5.74) is 0.916. The van der Waals surface area contributed by atoms with E-state index in [4.69, 9.17) is 4.42 Å². The van der Waals surface area contributed by atoms with Crippen LogP contribution in [0.5, 0.6) is 0 Å². The zero-order valence-corrected chi connectivity index (χ0v) is 6.53. The molecule has 1 aliphatic carbocycles. The van der Waals surface area contributed by atoms with Crippen LogP contribution in [0.25, 0.3) is 0 Å². The van der Waals surface area contributed by atoms with Crippen LogP contribution in [0.15, 0.2) is 23.0 Å². The van der Waals surface area contributed by atoms with Gasteiger partial charge in [0, 0.05) is 5.56 Å². The fourth-order valence-corrected chi connectivity index (χ4v) is 1.48. The van der Waals surface area contributed by atoms with Gasteiger partial charge in [0.05, 0.1) is 18.6 Å². The fourth-order valence-electron chi connectivity index (χ4n) is 1.48. The molecule has 1 fully saturated rings. The molecule has 1 N–H and O–H groups in total. The molecule has 2 heteroatoms. The zero-order valence-electron chi connectivity index (χ0n) is 6.53. The van der Waals surface area contributed by atoms with E-state index in [-0.39, 0.29) is 6.10 Å². The predicted octanol–water partition coefficient (Wildman–Crippen LogP) is 1.97. The van der Waals surface area contributed by atoms with Gasteiger partial charge in [0.2, 0.25) is 0 Å². The van der Waals surface area contributed by atoms with Gasteiger partial charge < -0.3 is 9.52 Å². The van der Waals surface area contributed by atoms with Crippen LogP contribution in [0.4, 0.5) is 0 Å². The van der Waals surface area contributed by atoms with Gasteiger partial charge in [-0.15, -0.1) is 0 Å². The molecule has 0 spiro atoms. The molecule has 11 heavy (non-hydrogen) atoms. The highest BCUT2D eigenvalue weighted by Crippen LogP contribution is 2.46. The van der Waals surface area contributed by atoms with E-state index in [1.165, 1.54) is 0 Å². The van der Waals surface area contributed by atoms with Crippen molar-refractivity contribution in [1.29, 1.82) is 0 Å². The molecule has 2 nitrogen and oxygen atoms in total. The summed E-state index contributed by atoms with van der Waals surface area (Å²) < 4.78 is 4.89. The number of rotatable bonds is 2. The highest BCUT2D eigenvalue weighted by Gasteiger charge is 2.39. The van der Waals surface area contributed by atoms with Crippen molar-refractivity contribution in [2.45, 2.75) is 19.4 Å². The molecule has 2 rings (SSSR count). The summed E-state index contributed by atoms with van der Waals surface area (Å²) >= 11 is 0. The lowest BCUT2D eigenvalue weighted by molar-refractivity contribution is 0.147. The number of aliphatic hydroxyl groups is 1. The van der Waals surface area contributed by atoms with Gasteiger partial charge in [-0.1, -0.05) is 6.92 Å². The van der Waals surface area contributed by atoms with Crippen molar-refractivity contribution in [1.82, 2.24) is 0 Å². The van der Waals surface area contributed by atoms with E-state index in [1.54, 1.807) is 12.5 Å². The lowest BCUT2D eigenvalue weighted by atomic mass is 10.1. The van der Waals surface area contributed by atoms with Crippen LogP contribution in [0.3, 0.4) is 0 Å². The molecule has 0 amide bonds. The summed E-state index contributed by atoms with van der Waals surface area (Å²) in [5, 5.41) is 9.66. The van der Waals surface area contributed by atoms with Gasteiger partial charge >= 0.3 is 0 Å². The highest BCUT2D eigenvalue weighted by molar-refractivity contribution is 5.13. The van der Waals surface area contributed by atoms with E-state index in [0.29, 0.717) is 11.8 Å². The van der Waals surface area contributed by atoms with Crippen LogP contribution in [-0.4, -0.2) is 5.11 Å². The largest absolute Gasteiger partial charge is 0.472 e. The van der Waals surface area contributed by atoms with Gasteiger partial charge in [0.25, 0.3) is 0 Å². The monoisotopic (exact) mass is 152 g/mol. The third-order valence-electron chi connectivity index (χ3n) is 2.46. The summed E-state index contributed by atoms with van der Waals surface area (Å²) in [5.74, 6) is 1.15. The van der Waals surface area contributed by atoms with Gasteiger partial charge in [-0.25, -0.2) is 0 Å². The maximum absolute atomic E-state index is 9.66. The molecule has 0 saturated heterocycles. The smallest absolute Gasteiger partial charge is 0.0960 e. The first-order chi connectivity index (χ1) is 5.29. The molecular formula is C9H12O2. The Morgan fingerprint density at radius 1 is 1.73 bits per heavy atom. The molecule has 0 radical (unpaired) electrons. The Morgan fingerprint density at radius 3 is 2.91 bits per heavy atom. The molecule has 1 heterocycles. The number of furan rings is 1. The Bertz CT molecular complexity index is 228. The van der Waals surface area contributed by atoms with Crippen molar-refractivity contribution in [3.63, 3.8) is 0 Å². The van der Waals surface area contributed by atoms with Crippen molar-refractivity contribution < 1.29 is 9.52 Å². The summed E-state index contributed by atoms with van der Waals surface area (Å²) in [6.07, 6.45) is 4.07. The first-order valence-corrected chi connectivity index (χ1v) is 3.99. The topological polar surface area (TPSA) is 33.4 Å². The molecule has 1 aliphatic rings. The van der Waals surface area contributed by atoms with Crippen molar-refractivity contribution >= 4 is 0 Å². The van der Waals surface area contributed by atoms with Crippen LogP contribution in [0.2, 0.25) is 0 Å². The quantitative estimate of drug-likeness (QED) is 0.702. The van der Waals surface area contributed by atoms with Crippen molar-refractivity contribution in [3.8, 4) is 0 Å². The standard InChI is InChI=1S/C9H12O2/c1-6-4-8(6)9(10)7-2-3-11-5-7/h2-3,5-6,8-10H,4H2,1H3. The molecule has 1 aromatic heterocycles. The van der Waals surface area contributed by atoms with Gasteiger partial charge in [-0.05, 0) is 24.3 Å². The summed E-state index contributed by atoms with van der Waals surface area (Å²) in [6, 6.07) is 1.83. The lowest BCUT2D eigenvalue weighted by Gasteiger charge is -2.04. The molecule has 1 aromatic rings. The first-order valence-electron chi connectivity index (χ1n) is 3.99. The van der Waals surface area contributed by atoms with E-state index >= 15 is 0 Å². The summed E-state index contributed by atoms with van der Waals surface area (Å²) in [6.45, 7) is 2.16. The highest BCUT2D eigenvalue weighted by atomic mass is 16.3. The van der Waals surface area contributed by atoms with E-state index in [9.17, 15) is 5.11 Å². The van der Waals surface area contributed by atoms with E-state index < -0.39 is 0 Å². The molecule has 3 unspecified atom stereocenters. The van der Waals surface area contributed by atoms with E-state index in [1.807, 2.05) is 6.07 Å². The van der Waals surface area contributed by atoms with Crippen LogP contribution < -0.4 is 0 Å². The zero-order chi connectivity index (χ0) is 7.84. The van der Waals surface area contributed by atoms with Gasteiger partial charge in [-0.3, -0.25) is 0 Å². The minimum atomic E-state index is -0.302.